The molecule has 0 radical (unpaired) electrons. The van der Waals surface area contributed by atoms with E-state index in [-0.39, 0.29) is 6.42 Å². The average molecular weight is 410 g/mol. The zero-order valence-corrected chi connectivity index (χ0v) is 18.7. The Labute approximate surface area is 180 Å². The number of ether oxygens (including phenoxy) is 1. The molecule has 0 amide bonds. The molecule has 0 heterocycles. The Kier molecular flexibility index (Phi) is 7.06. The Morgan fingerprint density at radius 3 is 2.00 bits per heavy atom. The van der Waals surface area contributed by atoms with Crippen molar-refractivity contribution in [3.63, 3.8) is 0 Å². The van der Waals surface area contributed by atoms with Crippen molar-refractivity contribution < 1.29 is 14.6 Å². The predicted octanol–water partition coefficient (Wildman–Crippen LogP) is 6.25. The molecular weight excluding hydrogens is 374 g/mol. The van der Waals surface area contributed by atoms with Gasteiger partial charge >= 0.3 is 5.97 Å². The van der Waals surface area contributed by atoms with E-state index in [0.29, 0.717) is 18.1 Å². The Morgan fingerprint density at radius 1 is 0.967 bits per heavy atom. The smallest absolute Gasteiger partial charge is 0.305 e. The molecule has 4 heteroatoms. The van der Waals surface area contributed by atoms with Gasteiger partial charge in [-0.05, 0) is 72.4 Å². The van der Waals surface area contributed by atoms with Crippen molar-refractivity contribution in [2.75, 3.05) is 18.5 Å². The largest absolute Gasteiger partial charge is 0.490 e. The number of hydrogen-bond donors (Lipinski definition) is 1. The maximum atomic E-state index is 10.7. The number of carboxylic acid groups (broad SMARTS) is 1. The van der Waals surface area contributed by atoms with E-state index < -0.39 is 5.97 Å². The van der Waals surface area contributed by atoms with Gasteiger partial charge in [-0.25, -0.2) is 0 Å². The van der Waals surface area contributed by atoms with Crippen LogP contribution >= 0.6 is 0 Å². The monoisotopic (exact) mass is 409 g/mol. The van der Waals surface area contributed by atoms with E-state index in [2.05, 4.69) is 57.2 Å². The molecule has 0 unspecified atom stereocenters. The third-order valence-corrected chi connectivity index (χ3v) is 6.36. The third kappa shape index (κ3) is 6.01. The topological polar surface area (TPSA) is 49.8 Å². The van der Waals surface area contributed by atoms with Crippen LogP contribution in [-0.4, -0.2) is 30.8 Å². The molecule has 2 aromatic carbocycles. The van der Waals surface area contributed by atoms with Crippen molar-refractivity contribution in [3.8, 4) is 16.9 Å². The molecule has 162 valence electrons. The summed E-state index contributed by atoms with van der Waals surface area (Å²) in [5.74, 6) is 0.969. The highest BCUT2D eigenvalue weighted by Crippen LogP contribution is 2.38. The minimum Gasteiger partial charge on any atom is -0.490 e. The summed E-state index contributed by atoms with van der Waals surface area (Å²) < 4.78 is 6.25. The first-order chi connectivity index (χ1) is 14.2. The number of anilines is 1. The van der Waals surface area contributed by atoms with Gasteiger partial charge in [0.05, 0.1) is 12.5 Å². The normalized spacial score (nSPS) is 19.3. The lowest BCUT2D eigenvalue weighted by Gasteiger charge is -2.36. The van der Waals surface area contributed by atoms with Crippen LogP contribution in [0, 0.1) is 11.3 Å². The number of benzene rings is 2. The molecular formula is C26H35NO3. The molecule has 1 aliphatic carbocycles. The van der Waals surface area contributed by atoms with Crippen molar-refractivity contribution in [1.29, 1.82) is 0 Å². The van der Waals surface area contributed by atoms with E-state index in [0.717, 1.165) is 41.3 Å². The first-order valence-corrected chi connectivity index (χ1v) is 11.0. The highest BCUT2D eigenvalue weighted by molar-refractivity contribution is 5.69. The summed E-state index contributed by atoms with van der Waals surface area (Å²) in [5.41, 5.74) is 3.71. The third-order valence-electron chi connectivity index (χ3n) is 6.36. The fourth-order valence-electron chi connectivity index (χ4n) is 4.27. The van der Waals surface area contributed by atoms with Crippen LogP contribution in [0.25, 0.3) is 11.1 Å². The van der Waals surface area contributed by atoms with Crippen LogP contribution in [0.1, 0.15) is 52.9 Å². The summed E-state index contributed by atoms with van der Waals surface area (Å²) in [7, 11) is 1.92. The van der Waals surface area contributed by atoms with Gasteiger partial charge in [0.15, 0.2) is 0 Å². The number of hydrogen-bond acceptors (Lipinski definition) is 3. The first kappa shape index (κ1) is 22.2. The van der Waals surface area contributed by atoms with Gasteiger partial charge in [-0.15, -0.1) is 0 Å². The van der Waals surface area contributed by atoms with E-state index >= 15 is 0 Å². The lowest BCUT2D eigenvalue weighted by molar-refractivity contribution is -0.136. The number of carboxylic acids is 1. The predicted molar refractivity (Wildman–Crippen MR) is 123 cm³/mol. The van der Waals surface area contributed by atoms with E-state index in [1.165, 1.54) is 12.8 Å². The van der Waals surface area contributed by atoms with Gasteiger partial charge in [0.25, 0.3) is 0 Å². The van der Waals surface area contributed by atoms with Gasteiger partial charge in [0, 0.05) is 19.3 Å². The van der Waals surface area contributed by atoms with E-state index in [9.17, 15) is 4.79 Å². The molecule has 0 bridgehead atoms. The van der Waals surface area contributed by atoms with E-state index in [4.69, 9.17) is 9.84 Å². The first-order valence-electron chi connectivity index (χ1n) is 11.0. The number of carbonyl (C=O) groups is 1. The lowest BCUT2D eigenvalue weighted by atomic mass is 9.72. The number of aliphatic carboxylic acids is 1. The fourth-order valence-corrected chi connectivity index (χ4v) is 4.27. The maximum Gasteiger partial charge on any atom is 0.305 e. The molecule has 30 heavy (non-hydrogen) atoms. The van der Waals surface area contributed by atoms with Crippen LogP contribution in [0.5, 0.6) is 5.75 Å². The summed E-state index contributed by atoms with van der Waals surface area (Å²) in [6, 6.07) is 16.6. The molecule has 2 aromatic rings. The molecule has 1 N–H and O–H groups in total. The summed E-state index contributed by atoms with van der Waals surface area (Å²) >= 11 is 0. The van der Waals surface area contributed by atoms with Crippen LogP contribution in [0.2, 0.25) is 0 Å². The quantitative estimate of drug-likeness (QED) is 0.587. The lowest BCUT2D eigenvalue weighted by Crippen LogP contribution is -2.30. The summed E-state index contributed by atoms with van der Waals surface area (Å²) in [6.07, 6.45) is 5.24. The average Bonchev–Trinajstić information content (AvgIpc) is 2.72. The van der Waals surface area contributed by atoms with Crippen LogP contribution in [0.4, 0.5) is 5.69 Å². The zero-order valence-electron chi connectivity index (χ0n) is 18.7. The fraction of sp³-hybridized carbons (Fsp3) is 0.500. The second-order valence-electron chi connectivity index (χ2n) is 9.59. The minimum absolute atomic E-state index is 0.136. The summed E-state index contributed by atoms with van der Waals surface area (Å²) in [6.45, 7) is 7.53. The molecule has 1 saturated carbocycles. The van der Waals surface area contributed by atoms with Gasteiger partial charge in [0.1, 0.15) is 5.75 Å². The van der Waals surface area contributed by atoms with Gasteiger partial charge < -0.3 is 14.7 Å². The standard InChI is InChI=1S/C26H35NO3/c1-26(2,3)21-9-15-24(16-10-21)30-23-13-7-20(8-14-23)19-5-11-22(12-6-19)27(4)18-17-25(28)29/h5-8,11-14,21,24H,9-10,15-18H2,1-4H3,(H,28,29). The zero-order chi connectivity index (χ0) is 21.7. The molecule has 0 atom stereocenters. The van der Waals surface area contributed by atoms with Crippen molar-refractivity contribution >= 4 is 11.7 Å². The highest BCUT2D eigenvalue weighted by Gasteiger charge is 2.30. The van der Waals surface area contributed by atoms with Crippen LogP contribution in [0.3, 0.4) is 0 Å². The second kappa shape index (κ2) is 9.55. The van der Waals surface area contributed by atoms with E-state index in [1.807, 2.05) is 24.1 Å². The minimum atomic E-state index is -0.775. The molecule has 0 spiro atoms. The Balaban J connectivity index is 1.55. The van der Waals surface area contributed by atoms with Crippen LogP contribution in [0.15, 0.2) is 48.5 Å². The van der Waals surface area contributed by atoms with Crippen molar-refractivity contribution in [2.24, 2.45) is 11.3 Å². The number of nitrogens with zero attached hydrogens (tertiary/aromatic N) is 1. The van der Waals surface area contributed by atoms with Gasteiger partial charge in [-0.2, -0.15) is 0 Å². The highest BCUT2D eigenvalue weighted by atomic mass is 16.5. The Hall–Kier alpha value is -2.49. The van der Waals surface area contributed by atoms with Crippen LogP contribution < -0.4 is 9.64 Å². The second-order valence-corrected chi connectivity index (χ2v) is 9.59. The molecule has 4 nitrogen and oxygen atoms in total. The maximum absolute atomic E-state index is 10.7. The number of rotatable bonds is 7. The van der Waals surface area contributed by atoms with Crippen LogP contribution in [-0.2, 0) is 4.79 Å². The van der Waals surface area contributed by atoms with Crippen molar-refractivity contribution in [2.45, 2.75) is 59.0 Å². The SMILES string of the molecule is CN(CCC(=O)O)c1ccc(-c2ccc(OC3CCC(C(C)(C)C)CC3)cc2)cc1. The van der Waals surface area contributed by atoms with Crippen molar-refractivity contribution in [1.82, 2.24) is 0 Å². The molecule has 0 saturated heterocycles. The molecule has 3 rings (SSSR count). The molecule has 1 fully saturated rings. The van der Waals surface area contributed by atoms with Gasteiger partial charge in [-0.1, -0.05) is 45.0 Å². The summed E-state index contributed by atoms with van der Waals surface area (Å²) in [5, 5.41) is 8.83. The molecule has 0 aliphatic heterocycles. The Morgan fingerprint density at radius 2 is 1.50 bits per heavy atom. The molecule has 0 aromatic heterocycles. The van der Waals surface area contributed by atoms with Crippen molar-refractivity contribution in [3.05, 3.63) is 48.5 Å². The van der Waals surface area contributed by atoms with Gasteiger partial charge in [-0.3, -0.25) is 4.79 Å². The summed E-state index contributed by atoms with van der Waals surface area (Å²) in [4.78, 5) is 12.7. The molecule has 1 aliphatic rings. The van der Waals surface area contributed by atoms with Gasteiger partial charge in [0.2, 0.25) is 0 Å². The Bertz CT molecular complexity index is 813. The van der Waals surface area contributed by atoms with E-state index in [1.54, 1.807) is 0 Å².